The molecule has 0 bridgehead atoms. The average molecular weight is 404 g/mol. The van der Waals surface area contributed by atoms with Gasteiger partial charge in [-0.3, -0.25) is 4.79 Å². The van der Waals surface area contributed by atoms with Gasteiger partial charge in [-0.1, -0.05) is 59.6 Å². The quantitative estimate of drug-likeness (QED) is 0.377. The number of nitrogens with one attached hydrogen (secondary N) is 1. The van der Waals surface area contributed by atoms with Crippen LogP contribution in [0.2, 0.25) is 5.02 Å². The second kappa shape index (κ2) is 8.54. The summed E-state index contributed by atoms with van der Waals surface area (Å²) in [6.07, 6.45) is 1.80. The van der Waals surface area contributed by atoms with Crippen molar-refractivity contribution in [2.45, 2.75) is 19.8 Å². The van der Waals surface area contributed by atoms with Crippen LogP contribution in [0.4, 0.5) is 0 Å². The van der Waals surface area contributed by atoms with E-state index in [9.17, 15) is 4.79 Å². The molecule has 0 spiro atoms. The molecule has 4 rings (SSSR count). The highest BCUT2D eigenvalue weighted by molar-refractivity contribution is 6.30. The summed E-state index contributed by atoms with van der Waals surface area (Å²) in [6.45, 7) is 2.62. The first-order valence-corrected chi connectivity index (χ1v) is 10.1. The van der Waals surface area contributed by atoms with Crippen molar-refractivity contribution >= 4 is 28.3 Å². The molecule has 0 radical (unpaired) electrons. The molecule has 4 heteroatoms. The van der Waals surface area contributed by atoms with Crippen LogP contribution in [0.3, 0.4) is 0 Å². The Labute approximate surface area is 175 Å². The van der Waals surface area contributed by atoms with E-state index in [2.05, 4.69) is 23.5 Å². The van der Waals surface area contributed by atoms with E-state index in [-0.39, 0.29) is 5.91 Å². The van der Waals surface area contributed by atoms with Crippen molar-refractivity contribution in [2.75, 3.05) is 6.54 Å². The Kier molecular flexibility index (Phi) is 5.68. The number of carbonyl (C=O) groups excluding carboxylic acids is 1. The van der Waals surface area contributed by atoms with Gasteiger partial charge in [-0.05, 0) is 55.7 Å². The number of rotatable bonds is 6. The number of fused-ring (bicyclic) bond motifs is 1. The zero-order chi connectivity index (χ0) is 20.2. The molecule has 146 valence electrons. The standard InChI is InChI=1S/C25H22ClNO2/c1-17-9-14-21-22(16-17)23(19-10-12-20(26)13-11-19)29-24(21)25(28)27-15-5-8-18-6-3-2-4-7-18/h2-4,6-7,9-14,16H,5,8,15H2,1H3,(H,27,28). The molecule has 1 amide bonds. The maximum atomic E-state index is 12.8. The summed E-state index contributed by atoms with van der Waals surface area (Å²) in [4.78, 5) is 12.8. The van der Waals surface area contributed by atoms with Gasteiger partial charge in [0, 0.05) is 27.9 Å². The summed E-state index contributed by atoms with van der Waals surface area (Å²) >= 11 is 6.02. The molecule has 1 heterocycles. The highest BCUT2D eigenvalue weighted by atomic mass is 35.5. The molecule has 3 aromatic carbocycles. The van der Waals surface area contributed by atoms with Crippen molar-refractivity contribution in [1.82, 2.24) is 5.32 Å². The van der Waals surface area contributed by atoms with Crippen molar-refractivity contribution in [3.05, 3.63) is 94.7 Å². The highest BCUT2D eigenvalue weighted by Crippen LogP contribution is 2.35. The number of hydrogen-bond acceptors (Lipinski definition) is 2. The lowest BCUT2D eigenvalue weighted by atomic mass is 10.0. The van der Waals surface area contributed by atoms with Gasteiger partial charge in [0.1, 0.15) is 5.76 Å². The number of carbonyl (C=O) groups is 1. The van der Waals surface area contributed by atoms with E-state index < -0.39 is 0 Å². The molecule has 0 aliphatic carbocycles. The van der Waals surface area contributed by atoms with Gasteiger partial charge >= 0.3 is 0 Å². The lowest BCUT2D eigenvalue weighted by molar-refractivity contribution is 0.0928. The van der Waals surface area contributed by atoms with Gasteiger partial charge in [0.15, 0.2) is 5.76 Å². The van der Waals surface area contributed by atoms with E-state index in [1.54, 1.807) is 0 Å². The van der Waals surface area contributed by atoms with Crippen molar-refractivity contribution in [3.8, 4) is 11.3 Å². The van der Waals surface area contributed by atoms with Gasteiger partial charge in [0.25, 0.3) is 5.91 Å². The predicted molar refractivity (Wildman–Crippen MR) is 118 cm³/mol. The largest absolute Gasteiger partial charge is 0.450 e. The summed E-state index contributed by atoms with van der Waals surface area (Å²) in [5.41, 5.74) is 3.28. The first-order valence-electron chi connectivity index (χ1n) is 9.73. The van der Waals surface area contributed by atoms with Crippen LogP contribution in [0.1, 0.15) is 28.1 Å². The molecule has 1 N–H and O–H groups in total. The van der Waals surface area contributed by atoms with Crippen LogP contribution in [0.15, 0.2) is 77.2 Å². The Balaban J connectivity index is 1.55. The summed E-state index contributed by atoms with van der Waals surface area (Å²) in [5.74, 6) is 0.853. The fourth-order valence-electron chi connectivity index (χ4n) is 3.46. The third-order valence-corrected chi connectivity index (χ3v) is 5.20. The second-order valence-electron chi connectivity index (χ2n) is 7.16. The zero-order valence-electron chi connectivity index (χ0n) is 16.2. The zero-order valence-corrected chi connectivity index (χ0v) is 17.0. The SMILES string of the molecule is Cc1ccc2c(C(=O)NCCCc3ccccc3)oc(-c3ccc(Cl)cc3)c2c1. The number of furan rings is 1. The first kappa shape index (κ1) is 19.3. The third-order valence-electron chi connectivity index (χ3n) is 4.95. The maximum Gasteiger partial charge on any atom is 0.287 e. The molecule has 0 aliphatic rings. The number of halogens is 1. The van der Waals surface area contributed by atoms with Gasteiger partial charge in [-0.2, -0.15) is 0 Å². The van der Waals surface area contributed by atoms with Gasteiger partial charge in [-0.15, -0.1) is 0 Å². The van der Waals surface area contributed by atoms with Crippen LogP contribution < -0.4 is 5.32 Å². The normalized spacial score (nSPS) is 11.0. The highest BCUT2D eigenvalue weighted by Gasteiger charge is 2.20. The molecule has 0 saturated heterocycles. The lowest BCUT2D eigenvalue weighted by Crippen LogP contribution is -2.24. The molecule has 0 saturated carbocycles. The number of hydrogen-bond donors (Lipinski definition) is 1. The fourth-order valence-corrected chi connectivity index (χ4v) is 3.59. The summed E-state index contributed by atoms with van der Waals surface area (Å²) < 4.78 is 6.07. The average Bonchev–Trinajstić information content (AvgIpc) is 3.11. The topological polar surface area (TPSA) is 42.2 Å². The molecule has 4 aromatic rings. The first-order chi connectivity index (χ1) is 14.1. The van der Waals surface area contributed by atoms with E-state index in [1.165, 1.54) is 5.56 Å². The Bertz CT molecular complexity index is 1130. The Morgan fingerprint density at radius 3 is 2.48 bits per heavy atom. The van der Waals surface area contributed by atoms with E-state index in [4.69, 9.17) is 16.0 Å². The van der Waals surface area contributed by atoms with E-state index in [0.717, 1.165) is 34.7 Å². The molecule has 0 atom stereocenters. The van der Waals surface area contributed by atoms with Crippen LogP contribution in [0.25, 0.3) is 22.1 Å². The number of benzene rings is 3. The molecule has 0 fully saturated rings. The molecule has 3 nitrogen and oxygen atoms in total. The van der Waals surface area contributed by atoms with Gasteiger partial charge in [0.05, 0.1) is 0 Å². The minimum absolute atomic E-state index is 0.188. The number of amides is 1. The minimum atomic E-state index is -0.188. The molecule has 0 aliphatic heterocycles. The Hall–Kier alpha value is -3.04. The molecular formula is C25H22ClNO2. The van der Waals surface area contributed by atoms with Crippen molar-refractivity contribution in [1.29, 1.82) is 0 Å². The maximum absolute atomic E-state index is 12.8. The third kappa shape index (κ3) is 4.36. The Morgan fingerprint density at radius 1 is 0.966 bits per heavy atom. The number of aryl methyl sites for hydroxylation is 2. The van der Waals surface area contributed by atoms with Crippen molar-refractivity contribution in [3.63, 3.8) is 0 Å². The van der Waals surface area contributed by atoms with Crippen LogP contribution in [-0.2, 0) is 6.42 Å². The van der Waals surface area contributed by atoms with Crippen molar-refractivity contribution in [2.24, 2.45) is 0 Å². The monoisotopic (exact) mass is 403 g/mol. The summed E-state index contributed by atoms with van der Waals surface area (Å²) in [5, 5.41) is 5.41. The van der Waals surface area contributed by atoms with Gasteiger partial charge < -0.3 is 9.73 Å². The Morgan fingerprint density at radius 2 is 1.72 bits per heavy atom. The molecule has 0 unspecified atom stereocenters. The van der Waals surface area contributed by atoms with E-state index in [0.29, 0.717) is 23.1 Å². The van der Waals surface area contributed by atoms with Crippen LogP contribution >= 0.6 is 11.6 Å². The lowest BCUT2D eigenvalue weighted by Gasteiger charge is -2.04. The summed E-state index contributed by atoms with van der Waals surface area (Å²) in [6, 6.07) is 23.7. The smallest absolute Gasteiger partial charge is 0.287 e. The molecule has 29 heavy (non-hydrogen) atoms. The minimum Gasteiger partial charge on any atom is -0.450 e. The fraction of sp³-hybridized carbons (Fsp3) is 0.160. The molecular weight excluding hydrogens is 382 g/mol. The van der Waals surface area contributed by atoms with Crippen LogP contribution in [0.5, 0.6) is 0 Å². The van der Waals surface area contributed by atoms with Crippen LogP contribution in [0, 0.1) is 6.92 Å². The van der Waals surface area contributed by atoms with E-state index in [1.807, 2.05) is 61.5 Å². The molecule has 1 aromatic heterocycles. The van der Waals surface area contributed by atoms with E-state index >= 15 is 0 Å². The predicted octanol–water partition coefficient (Wildman–Crippen LogP) is 6.42. The van der Waals surface area contributed by atoms with Crippen LogP contribution in [-0.4, -0.2) is 12.5 Å². The van der Waals surface area contributed by atoms with Gasteiger partial charge in [0.2, 0.25) is 0 Å². The summed E-state index contributed by atoms with van der Waals surface area (Å²) in [7, 11) is 0. The van der Waals surface area contributed by atoms with Gasteiger partial charge in [-0.25, -0.2) is 0 Å². The second-order valence-corrected chi connectivity index (χ2v) is 7.60. The van der Waals surface area contributed by atoms with Crippen molar-refractivity contribution < 1.29 is 9.21 Å².